The fourth-order valence-corrected chi connectivity index (χ4v) is 3.05. The first-order chi connectivity index (χ1) is 8.74. The number of thioether (sulfide) groups is 1. The minimum absolute atomic E-state index is 0.107. The second-order valence-corrected chi connectivity index (χ2v) is 5.19. The number of hydrogen-bond acceptors (Lipinski definition) is 2. The van der Waals surface area contributed by atoms with Crippen molar-refractivity contribution in [3.05, 3.63) is 59.9 Å². The predicted octanol–water partition coefficient (Wildman–Crippen LogP) is 3.61. The minimum atomic E-state index is -0.393. The number of benzene rings is 2. The normalized spacial score (nSPS) is 18.1. The summed E-state index contributed by atoms with van der Waals surface area (Å²) in [5.41, 5.74) is 1.51. The van der Waals surface area contributed by atoms with E-state index in [4.69, 9.17) is 0 Å². The second kappa shape index (κ2) is 4.46. The molecule has 0 radical (unpaired) electrons. The van der Waals surface area contributed by atoms with Gasteiger partial charge < -0.3 is 5.32 Å². The maximum atomic E-state index is 13.2. The number of hydrogen-bond donors (Lipinski definition) is 1. The largest absolute Gasteiger partial charge is 0.324 e. The van der Waals surface area contributed by atoms with Crippen LogP contribution in [0.4, 0.5) is 10.1 Å². The highest BCUT2D eigenvalue weighted by Crippen LogP contribution is 2.43. The van der Waals surface area contributed by atoms with Crippen molar-refractivity contribution in [2.75, 3.05) is 5.32 Å². The quantitative estimate of drug-likeness (QED) is 0.847. The third-order valence-electron chi connectivity index (χ3n) is 2.78. The molecule has 1 heterocycles. The molecule has 1 atom stereocenters. The Morgan fingerprint density at radius 1 is 1.11 bits per heavy atom. The SMILES string of the molecule is O=C1Nc2ccccc2SC1c1cccc(F)c1. The number of fused-ring (bicyclic) bond motifs is 1. The summed E-state index contributed by atoms with van der Waals surface area (Å²) >= 11 is 1.45. The fourth-order valence-electron chi connectivity index (χ4n) is 1.94. The van der Waals surface area contributed by atoms with E-state index in [1.165, 1.54) is 23.9 Å². The van der Waals surface area contributed by atoms with Gasteiger partial charge in [0.25, 0.3) is 0 Å². The molecule has 0 fully saturated rings. The van der Waals surface area contributed by atoms with Gasteiger partial charge in [0.05, 0.1) is 5.69 Å². The minimum Gasteiger partial charge on any atom is -0.324 e. The molecule has 90 valence electrons. The summed E-state index contributed by atoms with van der Waals surface area (Å²) in [5, 5.41) is 2.45. The summed E-state index contributed by atoms with van der Waals surface area (Å²) in [5.74, 6) is -0.427. The van der Waals surface area contributed by atoms with Gasteiger partial charge in [-0.3, -0.25) is 4.79 Å². The molecule has 0 aliphatic carbocycles. The van der Waals surface area contributed by atoms with E-state index >= 15 is 0 Å². The first kappa shape index (κ1) is 11.3. The van der Waals surface area contributed by atoms with E-state index in [0.29, 0.717) is 5.56 Å². The van der Waals surface area contributed by atoms with Crippen molar-refractivity contribution in [2.45, 2.75) is 10.1 Å². The maximum Gasteiger partial charge on any atom is 0.242 e. The van der Waals surface area contributed by atoms with E-state index in [9.17, 15) is 9.18 Å². The fraction of sp³-hybridized carbons (Fsp3) is 0.0714. The molecule has 2 aromatic rings. The summed E-state index contributed by atoms with van der Waals surface area (Å²) in [6, 6.07) is 13.8. The number of halogens is 1. The van der Waals surface area contributed by atoms with E-state index in [0.717, 1.165) is 10.6 Å². The lowest BCUT2D eigenvalue weighted by Gasteiger charge is -2.24. The number of para-hydroxylation sites is 1. The molecular weight excluding hydrogens is 249 g/mol. The molecule has 1 aliphatic rings. The predicted molar refractivity (Wildman–Crippen MR) is 70.1 cm³/mol. The molecule has 2 nitrogen and oxygen atoms in total. The highest BCUT2D eigenvalue weighted by molar-refractivity contribution is 8.00. The monoisotopic (exact) mass is 259 g/mol. The summed E-state index contributed by atoms with van der Waals surface area (Å²) in [6.07, 6.45) is 0. The van der Waals surface area contributed by atoms with E-state index < -0.39 is 5.25 Å². The molecule has 3 rings (SSSR count). The molecule has 18 heavy (non-hydrogen) atoms. The molecule has 1 unspecified atom stereocenters. The highest BCUT2D eigenvalue weighted by atomic mass is 32.2. The molecule has 2 aromatic carbocycles. The molecule has 0 spiro atoms. The van der Waals surface area contributed by atoms with Crippen molar-refractivity contribution >= 4 is 23.4 Å². The Labute approximate surface area is 108 Å². The average molecular weight is 259 g/mol. The third-order valence-corrected chi connectivity index (χ3v) is 4.11. The van der Waals surface area contributed by atoms with Gasteiger partial charge in [-0.15, -0.1) is 11.8 Å². The summed E-state index contributed by atoms with van der Waals surface area (Å²) < 4.78 is 13.2. The lowest BCUT2D eigenvalue weighted by Crippen LogP contribution is -2.23. The number of amides is 1. The summed E-state index contributed by atoms with van der Waals surface area (Å²) in [7, 11) is 0. The molecule has 1 N–H and O–H groups in total. The van der Waals surface area contributed by atoms with Crippen molar-refractivity contribution in [3.8, 4) is 0 Å². The van der Waals surface area contributed by atoms with Gasteiger partial charge in [-0.25, -0.2) is 4.39 Å². The Morgan fingerprint density at radius 3 is 2.78 bits per heavy atom. The van der Waals surface area contributed by atoms with Crippen LogP contribution in [0.25, 0.3) is 0 Å². The maximum absolute atomic E-state index is 13.2. The number of nitrogens with one attached hydrogen (secondary N) is 1. The van der Waals surface area contributed by atoms with E-state index in [1.807, 2.05) is 24.3 Å². The van der Waals surface area contributed by atoms with Gasteiger partial charge in [0.2, 0.25) is 5.91 Å². The molecule has 0 saturated carbocycles. The van der Waals surface area contributed by atoms with E-state index in [1.54, 1.807) is 12.1 Å². The summed E-state index contributed by atoms with van der Waals surface area (Å²) in [4.78, 5) is 13.0. The Kier molecular flexibility index (Phi) is 2.80. The molecule has 1 amide bonds. The van der Waals surface area contributed by atoms with E-state index in [2.05, 4.69) is 5.32 Å². The third kappa shape index (κ3) is 1.99. The lowest BCUT2D eigenvalue weighted by molar-refractivity contribution is -0.115. The van der Waals surface area contributed by atoms with Gasteiger partial charge in [-0.2, -0.15) is 0 Å². The lowest BCUT2D eigenvalue weighted by atomic mass is 10.1. The van der Waals surface area contributed by atoms with Gasteiger partial charge in [0.15, 0.2) is 0 Å². The summed E-state index contributed by atoms with van der Waals surface area (Å²) in [6.45, 7) is 0. The van der Waals surface area contributed by atoms with Crippen molar-refractivity contribution in [3.63, 3.8) is 0 Å². The van der Waals surface area contributed by atoms with Crippen LogP contribution in [0.5, 0.6) is 0 Å². The Hall–Kier alpha value is -1.81. The number of carbonyl (C=O) groups is 1. The highest BCUT2D eigenvalue weighted by Gasteiger charge is 2.28. The molecule has 4 heteroatoms. The number of carbonyl (C=O) groups excluding carboxylic acids is 1. The van der Waals surface area contributed by atoms with Crippen LogP contribution in [0.1, 0.15) is 10.8 Å². The molecule has 1 aliphatic heterocycles. The Bertz CT molecular complexity index is 614. The van der Waals surface area contributed by atoms with Crippen molar-refractivity contribution in [1.29, 1.82) is 0 Å². The van der Waals surface area contributed by atoms with Gasteiger partial charge in [-0.1, -0.05) is 24.3 Å². The average Bonchev–Trinajstić information content (AvgIpc) is 2.38. The van der Waals surface area contributed by atoms with Crippen LogP contribution in [0.3, 0.4) is 0 Å². The van der Waals surface area contributed by atoms with Gasteiger partial charge in [0.1, 0.15) is 11.1 Å². The van der Waals surface area contributed by atoms with Crippen molar-refractivity contribution < 1.29 is 9.18 Å². The molecule has 0 bridgehead atoms. The van der Waals surface area contributed by atoms with E-state index in [-0.39, 0.29) is 11.7 Å². The number of rotatable bonds is 1. The standard InChI is InChI=1S/C14H10FNOS/c15-10-5-3-4-9(8-10)13-14(17)16-11-6-1-2-7-12(11)18-13/h1-8,13H,(H,16,17). The molecule has 0 aromatic heterocycles. The van der Waals surface area contributed by atoms with Crippen LogP contribution >= 0.6 is 11.8 Å². The second-order valence-electron chi connectivity index (χ2n) is 4.04. The van der Waals surface area contributed by atoms with Gasteiger partial charge in [-0.05, 0) is 29.8 Å². The topological polar surface area (TPSA) is 29.1 Å². The van der Waals surface area contributed by atoms with Crippen LogP contribution in [0.2, 0.25) is 0 Å². The van der Waals surface area contributed by atoms with Crippen LogP contribution in [-0.2, 0) is 4.79 Å². The first-order valence-corrected chi connectivity index (χ1v) is 6.44. The van der Waals surface area contributed by atoms with Gasteiger partial charge >= 0.3 is 0 Å². The Morgan fingerprint density at radius 2 is 1.94 bits per heavy atom. The van der Waals surface area contributed by atoms with Crippen molar-refractivity contribution in [1.82, 2.24) is 0 Å². The zero-order valence-electron chi connectivity index (χ0n) is 9.39. The zero-order valence-corrected chi connectivity index (χ0v) is 10.2. The van der Waals surface area contributed by atoms with Crippen LogP contribution in [0.15, 0.2) is 53.4 Å². The van der Waals surface area contributed by atoms with Crippen LogP contribution < -0.4 is 5.32 Å². The van der Waals surface area contributed by atoms with Crippen LogP contribution in [-0.4, -0.2) is 5.91 Å². The smallest absolute Gasteiger partial charge is 0.242 e. The molecule has 0 saturated heterocycles. The zero-order chi connectivity index (χ0) is 12.5. The Balaban J connectivity index is 1.98. The molecular formula is C14H10FNOS. The first-order valence-electron chi connectivity index (χ1n) is 5.56. The van der Waals surface area contributed by atoms with Gasteiger partial charge in [0, 0.05) is 4.90 Å². The van der Waals surface area contributed by atoms with Crippen LogP contribution in [0, 0.1) is 5.82 Å². The van der Waals surface area contributed by atoms with Crippen molar-refractivity contribution in [2.24, 2.45) is 0 Å². The number of anilines is 1.